The third kappa shape index (κ3) is 4.58. The van der Waals surface area contributed by atoms with Crippen molar-refractivity contribution in [3.63, 3.8) is 0 Å². The molecule has 53 heavy (non-hydrogen) atoms. The number of nitrogens with zero attached hydrogens (tertiary/aromatic N) is 2. The zero-order valence-electron chi connectivity index (χ0n) is 29.3. The number of hydrogen-bond acceptors (Lipinski definition) is 2. The molecule has 2 heteroatoms. The highest BCUT2D eigenvalue weighted by Gasteiger charge is 2.57. The lowest BCUT2D eigenvalue weighted by molar-refractivity contribution is 0.463. The van der Waals surface area contributed by atoms with E-state index in [1.165, 1.54) is 55.3 Å². The maximum atomic E-state index is 5.37. The van der Waals surface area contributed by atoms with Crippen LogP contribution in [0.2, 0.25) is 0 Å². The van der Waals surface area contributed by atoms with Gasteiger partial charge in [0, 0.05) is 23.0 Å². The van der Waals surface area contributed by atoms with Crippen LogP contribution in [0.4, 0.5) is 0 Å². The van der Waals surface area contributed by atoms with Crippen molar-refractivity contribution in [1.29, 1.82) is 0 Å². The quantitative estimate of drug-likeness (QED) is 0.185. The van der Waals surface area contributed by atoms with Gasteiger partial charge in [0.15, 0.2) is 5.82 Å². The second-order valence-electron chi connectivity index (χ2n) is 14.8. The van der Waals surface area contributed by atoms with Gasteiger partial charge < -0.3 is 0 Å². The minimum Gasteiger partial charge on any atom is -0.228 e. The third-order valence-electron chi connectivity index (χ3n) is 12.1. The van der Waals surface area contributed by atoms with Crippen LogP contribution in [-0.2, 0) is 5.41 Å². The summed E-state index contributed by atoms with van der Waals surface area (Å²) in [7, 11) is 0. The SMILES string of the molecule is C1=CC2=C(CC1)c1ccccc1C21c2ccccc2C2C=CC(c3cc(-c4ccc(-c5ccccc5)cc4)nc(-c4ccc5ccccc5c4)n3)=CC21. The van der Waals surface area contributed by atoms with Crippen LogP contribution in [-0.4, -0.2) is 9.97 Å². The average Bonchev–Trinajstić information content (AvgIpc) is 3.71. The number of fused-ring (bicyclic) bond motifs is 10. The first-order chi connectivity index (χ1) is 26.3. The van der Waals surface area contributed by atoms with Gasteiger partial charge in [-0.15, -0.1) is 0 Å². The molecule has 4 aliphatic rings. The minimum atomic E-state index is -0.246. The van der Waals surface area contributed by atoms with Crippen molar-refractivity contribution in [3.8, 4) is 33.8 Å². The molecule has 0 fully saturated rings. The standard InChI is InChI=1S/C51H36N2/c1-2-12-33(13-3-1)35-22-25-36(26-23-35)48-32-49(53-50(52-48)39-27-24-34-14-4-5-15-37(34)30-39)38-28-29-43-42-18-8-11-21-46(42)51(47(43)31-38)44-19-9-6-16-40(44)41-17-7-10-20-45(41)51/h1-6,8-16,18-32,43,47H,7,17H2. The van der Waals surface area contributed by atoms with E-state index in [4.69, 9.17) is 9.97 Å². The number of allylic oxidation sites excluding steroid dienone is 8. The van der Waals surface area contributed by atoms with Crippen molar-refractivity contribution in [3.05, 3.63) is 216 Å². The summed E-state index contributed by atoms with van der Waals surface area (Å²) >= 11 is 0. The summed E-state index contributed by atoms with van der Waals surface area (Å²) in [4.78, 5) is 10.6. The lowest BCUT2D eigenvalue weighted by Gasteiger charge is -2.38. The van der Waals surface area contributed by atoms with Crippen LogP contribution in [0.25, 0.3) is 55.7 Å². The normalized spacial score (nSPS) is 20.6. The molecule has 0 N–H and O–H groups in total. The Balaban J connectivity index is 1.09. The Morgan fingerprint density at radius 3 is 2.13 bits per heavy atom. The topological polar surface area (TPSA) is 25.8 Å². The maximum Gasteiger partial charge on any atom is 0.160 e. The molecule has 1 spiro atoms. The zero-order chi connectivity index (χ0) is 34.9. The Bertz CT molecular complexity index is 2730. The fourth-order valence-electron chi connectivity index (χ4n) is 9.73. The molecule has 4 aliphatic carbocycles. The van der Waals surface area contributed by atoms with Gasteiger partial charge in [0.25, 0.3) is 0 Å². The Hall–Kier alpha value is -6.38. The fraction of sp³-hybridized carbons (Fsp3) is 0.0980. The van der Waals surface area contributed by atoms with Gasteiger partial charge in [-0.2, -0.15) is 0 Å². The molecular formula is C51H36N2. The van der Waals surface area contributed by atoms with Gasteiger partial charge in [0.1, 0.15) is 0 Å². The van der Waals surface area contributed by atoms with Crippen LogP contribution in [0, 0.1) is 5.92 Å². The molecule has 0 aliphatic heterocycles. The van der Waals surface area contributed by atoms with Crippen molar-refractivity contribution < 1.29 is 0 Å². The van der Waals surface area contributed by atoms with Gasteiger partial charge in [-0.3, -0.25) is 0 Å². The molecule has 0 amide bonds. The van der Waals surface area contributed by atoms with E-state index in [2.05, 4.69) is 182 Å². The molecular weight excluding hydrogens is 641 g/mol. The first-order valence-electron chi connectivity index (χ1n) is 18.8. The van der Waals surface area contributed by atoms with E-state index in [1.807, 2.05) is 0 Å². The number of aromatic nitrogens is 2. The summed E-state index contributed by atoms with van der Waals surface area (Å²) in [6.07, 6.45) is 14.3. The highest BCUT2D eigenvalue weighted by Crippen LogP contribution is 2.66. The molecule has 7 aromatic rings. The molecule has 3 atom stereocenters. The minimum absolute atomic E-state index is 0.212. The monoisotopic (exact) mass is 676 g/mol. The lowest BCUT2D eigenvalue weighted by atomic mass is 9.63. The first kappa shape index (κ1) is 30.3. The van der Waals surface area contributed by atoms with Gasteiger partial charge in [-0.1, -0.05) is 170 Å². The Morgan fingerprint density at radius 1 is 0.547 bits per heavy atom. The average molecular weight is 677 g/mol. The second kappa shape index (κ2) is 11.8. The van der Waals surface area contributed by atoms with Gasteiger partial charge in [-0.25, -0.2) is 9.97 Å². The molecule has 1 aromatic heterocycles. The molecule has 0 saturated carbocycles. The summed E-state index contributed by atoms with van der Waals surface area (Å²) in [5, 5.41) is 2.39. The molecule has 11 rings (SSSR count). The Kier molecular flexibility index (Phi) is 6.76. The van der Waals surface area contributed by atoms with Gasteiger partial charge in [-0.05, 0) is 85.8 Å². The maximum absolute atomic E-state index is 5.37. The van der Waals surface area contributed by atoms with Crippen LogP contribution in [0.5, 0.6) is 0 Å². The van der Waals surface area contributed by atoms with Crippen molar-refractivity contribution in [2.45, 2.75) is 24.2 Å². The van der Waals surface area contributed by atoms with E-state index in [1.54, 1.807) is 0 Å². The molecule has 0 radical (unpaired) electrons. The summed E-state index contributed by atoms with van der Waals surface area (Å²) in [5.74, 6) is 1.23. The van der Waals surface area contributed by atoms with Crippen molar-refractivity contribution in [2.75, 3.05) is 0 Å². The number of rotatable bonds is 4. The van der Waals surface area contributed by atoms with Crippen LogP contribution in [0.1, 0.15) is 46.7 Å². The van der Waals surface area contributed by atoms with E-state index in [-0.39, 0.29) is 17.3 Å². The van der Waals surface area contributed by atoms with E-state index in [9.17, 15) is 0 Å². The lowest BCUT2D eigenvalue weighted by Crippen LogP contribution is -2.34. The first-order valence-corrected chi connectivity index (χ1v) is 18.8. The van der Waals surface area contributed by atoms with Crippen LogP contribution in [0.15, 0.2) is 188 Å². The largest absolute Gasteiger partial charge is 0.228 e. The molecule has 0 bridgehead atoms. The van der Waals surface area contributed by atoms with Crippen molar-refractivity contribution in [1.82, 2.24) is 9.97 Å². The van der Waals surface area contributed by atoms with E-state index in [0.717, 1.165) is 46.8 Å². The molecule has 0 saturated heterocycles. The summed E-state index contributed by atoms with van der Waals surface area (Å²) in [6.45, 7) is 0. The van der Waals surface area contributed by atoms with Gasteiger partial charge in [0.05, 0.1) is 16.8 Å². The van der Waals surface area contributed by atoms with Crippen molar-refractivity contribution >= 4 is 21.9 Å². The molecule has 6 aromatic carbocycles. The summed E-state index contributed by atoms with van der Waals surface area (Å²) in [5.41, 5.74) is 16.0. The van der Waals surface area contributed by atoms with E-state index < -0.39 is 0 Å². The molecule has 2 nitrogen and oxygen atoms in total. The third-order valence-corrected chi connectivity index (χ3v) is 12.1. The molecule has 1 heterocycles. The number of hydrogen-bond donors (Lipinski definition) is 0. The second-order valence-corrected chi connectivity index (χ2v) is 14.8. The predicted molar refractivity (Wildman–Crippen MR) is 218 cm³/mol. The molecule has 250 valence electrons. The van der Waals surface area contributed by atoms with Gasteiger partial charge in [0.2, 0.25) is 0 Å². The number of benzene rings is 6. The zero-order valence-corrected chi connectivity index (χ0v) is 29.3. The van der Waals surface area contributed by atoms with Gasteiger partial charge >= 0.3 is 0 Å². The van der Waals surface area contributed by atoms with E-state index in [0.29, 0.717) is 0 Å². The highest BCUT2D eigenvalue weighted by molar-refractivity contribution is 5.90. The van der Waals surface area contributed by atoms with E-state index >= 15 is 0 Å². The van der Waals surface area contributed by atoms with Crippen LogP contribution < -0.4 is 0 Å². The van der Waals surface area contributed by atoms with Crippen LogP contribution in [0.3, 0.4) is 0 Å². The Labute approximate surface area is 310 Å². The Morgan fingerprint density at radius 2 is 1.25 bits per heavy atom. The highest BCUT2D eigenvalue weighted by atomic mass is 14.9. The van der Waals surface area contributed by atoms with Crippen LogP contribution >= 0.6 is 0 Å². The van der Waals surface area contributed by atoms with Crippen molar-refractivity contribution in [2.24, 2.45) is 5.92 Å². The molecule has 3 unspecified atom stereocenters. The predicted octanol–water partition coefficient (Wildman–Crippen LogP) is 12.4. The fourth-order valence-corrected chi connectivity index (χ4v) is 9.73. The summed E-state index contributed by atoms with van der Waals surface area (Å²) < 4.78 is 0. The smallest absolute Gasteiger partial charge is 0.160 e. The summed E-state index contributed by atoms with van der Waals surface area (Å²) in [6, 6.07) is 55.0.